The van der Waals surface area contributed by atoms with Gasteiger partial charge in [0.25, 0.3) is 0 Å². The van der Waals surface area contributed by atoms with Crippen LogP contribution in [-0.2, 0) is 4.74 Å². The van der Waals surface area contributed by atoms with Gasteiger partial charge in [0.2, 0.25) is 0 Å². The summed E-state index contributed by atoms with van der Waals surface area (Å²) in [5.41, 5.74) is 6.01. The third kappa shape index (κ3) is 2.33. The highest BCUT2D eigenvalue weighted by Crippen LogP contribution is 2.35. The van der Waals surface area contributed by atoms with Crippen LogP contribution in [0, 0.1) is 6.92 Å². The molecular weight excluding hydrogens is 304 g/mol. The number of aromatic carboxylic acids is 1. The van der Waals surface area contributed by atoms with Crippen molar-refractivity contribution in [2.75, 3.05) is 5.73 Å². The van der Waals surface area contributed by atoms with Crippen LogP contribution in [0.15, 0.2) is 6.20 Å². The van der Waals surface area contributed by atoms with Crippen LogP contribution in [0.25, 0.3) is 11.0 Å². The Bertz CT molecular complexity index is 774. The monoisotopic (exact) mass is 322 g/mol. The van der Waals surface area contributed by atoms with Crippen molar-refractivity contribution < 1.29 is 24.9 Å². The predicted octanol–water partition coefficient (Wildman–Crippen LogP) is 0.0493. The molecule has 9 nitrogen and oxygen atoms in total. The van der Waals surface area contributed by atoms with Crippen LogP contribution in [0.2, 0.25) is 0 Å². The van der Waals surface area contributed by atoms with Crippen molar-refractivity contribution in [1.82, 2.24) is 14.5 Å². The number of anilines is 1. The van der Waals surface area contributed by atoms with Crippen molar-refractivity contribution in [1.29, 1.82) is 0 Å². The molecule has 1 aliphatic heterocycles. The molecule has 0 unspecified atom stereocenters. The number of aliphatic hydroxyl groups excluding tert-OH is 2. The van der Waals surface area contributed by atoms with Crippen LogP contribution in [0.3, 0.4) is 0 Å². The molecule has 0 radical (unpaired) electrons. The maximum Gasteiger partial charge on any atom is 0.338 e. The second kappa shape index (κ2) is 5.44. The van der Waals surface area contributed by atoms with E-state index in [2.05, 4.69) is 9.97 Å². The topological polar surface area (TPSA) is 144 Å². The van der Waals surface area contributed by atoms with Gasteiger partial charge in [-0.3, -0.25) is 0 Å². The Morgan fingerprint density at radius 1 is 1.39 bits per heavy atom. The van der Waals surface area contributed by atoms with Crippen LogP contribution < -0.4 is 5.73 Å². The van der Waals surface area contributed by atoms with Gasteiger partial charge in [0.05, 0.1) is 17.1 Å². The van der Waals surface area contributed by atoms with E-state index in [-0.39, 0.29) is 22.4 Å². The SMILES string of the molecule is CC[C@H]1O[C@@H](n2cc(C(=O)O)c3c(N)nc(C)nc32)[C@H](O)[C@@H]1O. The summed E-state index contributed by atoms with van der Waals surface area (Å²) in [4.78, 5) is 19.7. The fourth-order valence-corrected chi connectivity index (χ4v) is 2.94. The Morgan fingerprint density at radius 2 is 2.09 bits per heavy atom. The van der Waals surface area contributed by atoms with Gasteiger partial charge in [0.15, 0.2) is 6.23 Å². The number of aryl methyl sites for hydroxylation is 1. The Labute approximate surface area is 131 Å². The molecule has 2 aromatic heterocycles. The van der Waals surface area contributed by atoms with Gasteiger partial charge in [-0.05, 0) is 13.3 Å². The van der Waals surface area contributed by atoms with Crippen molar-refractivity contribution >= 4 is 22.8 Å². The summed E-state index contributed by atoms with van der Waals surface area (Å²) in [5.74, 6) is -0.775. The van der Waals surface area contributed by atoms with Crippen molar-refractivity contribution in [3.8, 4) is 0 Å². The Balaban J connectivity index is 2.20. The highest BCUT2D eigenvalue weighted by Gasteiger charge is 2.43. The summed E-state index contributed by atoms with van der Waals surface area (Å²) < 4.78 is 7.07. The molecule has 1 fully saturated rings. The van der Waals surface area contributed by atoms with Crippen LogP contribution in [0.5, 0.6) is 0 Å². The first-order chi connectivity index (χ1) is 10.8. The number of hydrogen-bond acceptors (Lipinski definition) is 7. The van der Waals surface area contributed by atoms with Crippen LogP contribution in [0.4, 0.5) is 5.82 Å². The number of aromatic nitrogens is 3. The zero-order valence-corrected chi connectivity index (χ0v) is 12.7. The molecule has 1 aliphatic rings. The molecule has 5 N–H and O–H groups in total. The molecule has 4 atom stereocenters. The molecule has 1 saturated heterocycles. The van der Waals surface area contributed by atoms with E-state index in [0.29, 0.717) is 12.2 Å². The molecule has 2 aromatic rings. The minimum absolute atomic E-state index is 0.0451. The lowest BCUT2D eigenvalue weighted by molar-refractivity contribution is -0.0353. The highest BCUT2D eigenvalue weighted by atomic mass is 16.6. The lowest BCUT2D eigenvalue weighted by Crippen LogP contribution is -2.31. The fourth-order valence-electron chi connectivity index (χ4n) is 2.94. The second-order valence-electron chi connectivity index (χ2n) is 5.56. The largest absolute Gasteiger partial charge is 0.478 e. The van der Waals surface area contributed by atoms with E-state index < -0.39 is 30.5 Å². The van der Waals surface area contributed by atoms with Gasteiger partial charge in [0, 0.05) is 6.20 Å². The number of rotatable bonds is 3. The van der Waals surface area contributed by atoms with Crippen molar-refractivity contribution in [2.45, 2.75) is 44.8 Å². The van der Waals surface area contributed by atoms with Gasteiger partial charge in [-0.25, -0.2) is 14.8 Å². The third-order valence-corrected chi connectivity index (χ3v) is 4.06. The van der Waals surface area contributed by atoms with E-state index in [1.807, 2.05) is 6.92 Å². The molecule has 0 spiro atoms. The van der Waals surface area contributed by atoms with E-state index in [1.165, 1.54) is 10.8 Å². The first-order valence-corrected chi connectivity index (χ1v) is 7.24. The van der Waals surface area contributed by atoms with Gasteiger partial charge >= 0.3 is 5.97 Å². The molecule has 0 aromatic carbocycles. The minimum atomic E-state index is -1.20. The van der Waals surface area contributed by atoms with Crippen LogP contribution in [-0.4, -0.2) is 54.1 Å². The molecule has 0 amide bonds. The van der Waals surface area contributed by atoms with E-state index in [1.54, 1.807) is 6.92 Å². The van der Waals surface area contributed by atoms with Gasteiger partial charge in [-0.2, -0.15) is 0 Å². The summed E-state index contributed by atoms with van der Waals surface area (Å²) >= 11 is 0. The van der Waals surface area contributed by atoms with E-state index in [4.69, 9.17) is 10.5 Å². The number of nitrogens with zero attached hydrogens (tertiary/aromatic N) is 3. The van der Waals surface area contributed by atoms with E-state index in [0.717, 1.165) is 0 Å². The van der Waals surface area contributed by atoms with E-state index >= 15 is 0 Å². The molecule has 23 heavy (non-hydrogen) atoms. The van der Waals surface area contributed by atoms with Crippen molar-refractivity contribution in [3.63, 3.8) is 0 Å². The molecule has 0 aliphatic carbocycles. The molecule has 3 rings (SSSR count). The number of carboxylic acids is 1. The first-order valence-electron chi connectivity index (χ1n) is 7.24. The Hall–Kier alpha value is -2.23. The standard InChI is InChI=1S/C14H18N4O5/c1-3-7-9(19)10(20)13(23-7)18-4-6(14(21)22)8-11(15)16-5(2)17-12(8)18/h4,7,9-10,13,19-20H,3H2,1-2H3,(H,21,22)(H2,15,16,17)/t7-,9-,10-,13-/m1/s1. The quantitative estimate of drug-likeness (QED) is 0.620. The normalized spacial score (nSPS) is 27.7. The van der Waals surface area contributed by atoms with Gasteiger partial charge in [0.1, 0.15) is 29.5 Å². The predicted molar refractivity (Wildman–Crippen MR) is 79.9 cm³/mol. The Kier molecular flexibility index (Phi) is 3.71. The molecule has 0 bridgehead atoms. The molecule has 0 saturated carbocycles. The fraction of sp³-hybridized carbons (Fsp3) is 0.500. The molecule has 124 valence electrons. The maximum atomic E-state index is 11.5. The summed E-state index contributed by atoms with van der Waals surface area (Å²) in [6.45, 7) is 3.45. The summed E-state index contributed by atoms with van der Waals surface area (Å²) in [6, 6.07) is 0. The average Bonchev–Trinajstić information content (AvgIpc) is 2.99. The number of fused-ring (bicyclic) bond motifs is 1. The smallest absolute Gasteiger partial charge is 0.338 e. The number of nitrogens with two attached hydrogens (primary N) is 1. The third-order valence-electron chi connectivity index (χ3n) is 4.06. The average molecular weight is 322 g/mol. The van der Waals surface area contributed by atoms with Crippen LogP contribution >= 0.6 is 0 Å². The maximum absolute atomic E-state index is 11.5. The van der Waals surface area contributed by atoms with Crippen LogP contribution in [0.1, 0.15) is 35.8 Å². The summed E-state index contributed by atoms with van der Waals surface area (Å²) in [7, 11) is 0. The second-order valence-corrected chi connectivity index (χ2v) is 5.56. The molecule has 9 heteroatoms. The summed E-state index contributed by atoms with van der Waals surface area (Å²) in [6.07, 6.45) is -1.93. The lowest BCUT2D eigenvalue weighted by Gasteiger charge is -2.17. The van der Waals surface area contributed by atoms with Crippen molar-refractivity contribution in [2.24, 2.45) is 0 Å². The first kappa shape index (κ1) is 15.7. The number of ether oxygens (including phenoxy) is 1. The zero-order valence-electron chi connectivity index (χ0n) is 12.7. The number of carbonyl (C=O) groups is 1. The van der Waals surface area contributed by atoms with Crippen molar-refractivity contribution in [3.05, 3.63) is 17.6 Å². The van der Waals surface area contributed by atoms with Gasteiger partial charge in [-0.1, -0.05) is 6.92 Å². The zero-order chi connectivity index (χ0) is 16.9. The molecule has 3 heterocycles. The highest BCUT2D eigenvalue weighted by molar-refractivity contribution is 6.06. The number of nitrogen functional groups attached to an aromatic ring is 1. The Morgan fingerprint density at radius 3 is 2.65 bits per heavy atom. The van der Waals surface area contributed by atoms with Gasteiger partial charge < -0.3 is 30.4 Å². The lowest BCUT2D eigenvalue weighted by atomic mass is 10.1. The van der Waals surface area contributed by atoms with E-state index in [9.17, 15) is 20.1 Å². The van der Waals surface area contributed by atoms with Gasteiger partial charge in [-0.15, -0.1) is 0 Å². The summed E-state index contributed by atoms with van der Waals surface area (Å²) in [5, 5.41) is 29.8. The molecular formula is C14H18N4O5. The number of hydrogen-bond donors (Lipinski definition) is 4. The number of aliphatic hydroxyl groups is 2. The minimum Gasteiger partial charge on any atom is -0.478 e. The number of carboxylic acid groups (broad SMARTS) is 1.